The standard InChI is InChI=1S/C21H25F3IN3O3/c22-15-5-4-14(19(18(15)24)27-17-6-3-13(25)9-16(17)23)20(30)28-11-21(31,12-28)10-26-7-1-2-8-29/h3-6,9,20,26-27,29-31H,1-2,7-8,10-12H2. The molecule has 10 heteroatoms. The third-order valence-electron chi connectivity index (χ3n) is 5.15. The fourth-order valence-corrected chi connectivity index (χ4v) is 3.96. The number of halogens is 4. The number of aliphatic hydroxyl groups is 3. The van der Waals surface area contributed by atoms with Gasteiger partial charge in [0.1, 0.15) is 17.6 Å². The van der Waals surface area contributed by atoms with Crippen LogP contribution in [0, 0.1) is 21.0 Å². The van der Waals surface area contributed by atoms with Crippen LogP contribution in [-0.4, -0.2) is 58.6 Å². The Morgan fingerprint density at radius 2 is 1.84 bits per heavy atom. The van der Waals surface area contributed by atoms with Gasteiger partial charge in [-0.25, -0.2) is 13.2 Å². The van der Waals surface area contributed by atoms with Crippen LogP contribution in [0.2, 0.25) is 0 Å². The molecule has 1 unspecified atom stereocenters. The summed E-state index contributed by atoms with van der Waals surface area (Å²) in [6, 6.07) is 6.41. The van der Waals surface area contributed by atoms with Crippen LogP contribution in [-0.2, 0) is 0 Å². The number of β-amino-alcohol motifs (C(OH)–C–C–N with tert-alkyl or cyclic N) is 1. The van der Waals surface area contributed by atoms with E-state index < -0.39 is 29.3 Å². The highest BCUT2D eigenvalue weighted by Gasteiger charge is 2.44. The van der Waals surface area contributed by atoms with Crippen LogP contribution in [0.4, 0.5) is 24.5 Å². The third kappa shape index (κ3) is 5.88. The molecule has 0 aromatic heterocycles. The summed E-state index contributed by atoms with van der Waals surface area (Å²) in [7, 11) is 0. The number of nitrogens with one attached hydrogen (secondary N) is 2. The van der Waals surface area contributed by atoms with Crippen molar-refractivity contribution < 1.29 is 28.5 Å². The fourth-order valence-electron chi connectivity index (χ4n) is 3.51. The minimum absolute atomic E-state index is 0.0369. The largest absolute Gasteiger partial charge is 0.396 e. The number of likely N-dealkylation sites (tertiary alicyclic amines) is 1. The summed E-state index contributed by atoms with van der Waals surface area (Å²) in [4.78, 5) is 1.51. The molecule has 0 aliphatic carbocycles. The van der Waals surface area contributed by atoms with Crippen LogP contribution in [0.3, 0.4) is 0 Å². The zero-order valence-electron chi connectivity index (χ0n) is 16.7. The van der Waals surface area contributed by atoms with E-state index in [-0.39, 0.29) is 36.6 Å². The van der Waals surface area contributed by atoms with Crippen LogP contribution in [0.25, 0.3) is 0 Å². The smallest absolute Gasteiger partial charge is 0.182 e. The lowest BCUT2D eigenvalue weighted by molar-refractivity contribution is -0.160. The lowest BCUT2D eigenvalue weighted by atomic mass is 9.92. The van der Waals surface area contributed by atoms with Gasteiger partial charge >= 0.3 is 0 Å². The number of aliphatic hydroxyl groups excluding tert-OH is 2. The van der Waals surface area contributed by atoms with E-state index in [9.17, 15) is 23.4 Å². The van der Waals surface area contributed by atoms with Crippen molar-refractivity contribution in [1.29, 1.82) is 0 Å². The maximum atomic E-state index is 14.6. The van der Waals surface area contributed by atoms with Crippen LogP contribution in [0.15, 0.2) is 30.3 Å². The highest BCUT2D eigenvalue weighted by molar-refractivity contribution is 14.1. The van der Waals surface area contributed by atoms with Crippen LogP contribution >= 0.6 is 22.6 Å². The third-order valence-corrected chi connectivity index (χ3v) is 5.82. The van der Waals surface area contributed by atoms with Gasteiger partial charge in [0.25, 0.3) is 0 Å². The predicted octanol–water partition coefficient (Wildman–Crippen LogP) is 2.85. The zero-order chi connectivity index (χ0) is 22.6. The molecule has 1 aliphatic heterocycles. The number of anilines is 2. The first kappa shape index (κ1) is 24.2. The molecule has 0 radical (unpaired) electrons. The maximum Gasteiger partial charge on any atom is 0.182 e. The first-order valence-corrected chi connectivity index (χ1v) is 11.0. The molecule has 1 saturated heterocycles. The SMILES string of the molecule is OCCCCNCC1(O)CN(C(O)c2ccc(F)c(F)c2Nc2ccc(I)cc2F)C1. The van der Waals surface area contributed by atoms with Gasteiger partial charge in [0.15, 0.2) is 11.6 Å². The fraction of sp³-hybridized carbons (Fsp3) is 0.429. The number of hydrogen-bond donors (Lipinski definition) is 5. The van der Waals surface area contributed by atoms with Gasteiger partial charge in [-0.2, -0.15) is 0 Å². The normalized spacial score (nSPS) is 16.7. The highest BCUT2D eigenvalue weighted by Crippen LogP contribution is 2.36. The quantitative estimate of drug-likeness (QED) is 0.231. The van der Waals surface area contributed by atoms with Crippen molar-refractivity contribution in [3.05, 3.63) is 56.9 Å². The van der Waals surface area contributed by atoms with Gasteiger partial charge in [0.05, 0.1) is 11.4 Å². The second-order valence-corrected chi connectivity index (χ2v) is 8.93. The second kappa shape index (κ2) is 10.5. The van der Waals surface area contributed by atoms with Crippen LogP contribution in [0.5, 0.6) is 0 Å². The van der Waals surface area contributed by atoms with Crippen LogP contribution in [0.1, 0.15) is 24.6 Å². The minimum Gasteiger partial charge on any atom is -0.396 e. The maximum absolute atomic E-state index is 14.6. The van der Waals surface area contributed by atoms with E-state index in [1.165, 1.54) is 23.1 Å². The van der Waals surface area contributed by atoms with Gasteiger partial charge in [-0.1, -0.05) is 0 Å². The van der Waals surface area contributed by atoms with E-state index >= 15 is 0 Å². The van der Waals surface area contributed by atoms with Gasteiger partial charge in [-0.05, 0) is 72.3 Å². The van der Waals surface area contributed by atoms with Crippen molar-refractivity contribution in [1.82, 2.24) is 10.2 Å². The molecule has 1 heterocycles. The number of hydrogen-bond acceptors (Lipinski definition) is 6. The van der Waals surface area contributed by atoms with Gasteiger partial charge < -0.3 is 26.0 Å². The van der Waals surface area contributed by atoms with Gasteiger partial charge in [0, 0.05) is 35.4 Å². The van der Waals surface area contributed by atoms with E-state index in [1.807, 2.05) is 22.6 Å². The predicted molar refractivity (Wildman–Crippen MR) is 119 cm³/mol. The van der Waals surface area contributed by atoms with Gasteiger partial charge in [-0.15, -0.1) is 0 Å². The molecular formula is C21H25F3IN3O3. The molecule has 0 bridgehead atoms. The molecule has 5 N–H and O–H groups in total. The molecular weight excluding hydrogens is 526 g/mol. The van der Waals surface area contributed by atoms with E-state index in [1.54, 1.807) is 6.07 Å². The van der Waals surface area contributed by atoms with Crippen LogP contribution < -0.4 is 10.6 Å². The number of rotatable bonds is 10. The molecule has 0 amide bonds. The number of nitrogens with zero attached hydrogens (tertiary/aromatic N) is 1. The molecule has 31 heavy (non-hydrogen) atoms. The Morgan fingerprint density at radius 3 is 2.52 bits per heavy atom. The number of unbranched alkanes of at least 4 members (excludes halogenated alkanes) is 1. The Labute approximate surface area is 192 Å². The summed E-state index contributed by atoms with van der Waals surface area (Å²) in [6.07, 6.45) is 0.125. The van der Waals surface area contributed by atoms with Crippen molar-refractivity contribution in [3.63, 3.8) is 0 Å². The Bertz CT molecular complexity index is 913. The average molecular weight is 551 g/mol. The lowest BCUT2D eigenvalue weighted by Crippen LogP contribution is -2.66. The van der Waals surface area contributed by atoms with Crippen molar-refractivity contribution >= 4 is 34.0 Å². The lowest BCUT2D eigenvalue weighted by Gasteiger charge is -2.49. The average Bonchev–Trinajstić information content (AvgIpc) is 2.70. The highest BCUT2D eigenvalue weighted by atomic mass is 127. The van der Waals surface area contributed by atoms with Crippen molar-refractivity contribution in [2.75, 3.05) is 38.1 Å². The topological polar surface area (TPSA) is 88.0 Å². The second-order valence-electron chi connectivity index (χ2n) is 7.69. The molecule has 0 spiro atoms. The monoisotopic (exact) mass is 551 g/mol. The summed E-state index contributed by atoms with van der Waals surface area (Å²) < 4.78 is 43.3. The van der Waals surface area contributed by atoms with E-state index in [0.717, 1.165) is 12.5 Å². The van der Waals surface area contributed by atoms with Gasteiger partial charge in [-0.3, -0.25) is 4.90 Å². The molecule has 0 saturated carbocycles. The Kier molecular flexibility index (Phi) is 8.16. The molecule has 2 aromatic rings. The zero-order valence-corrected chi connectivity index (χ0v) is 18.9. The molecule has 1 atom stereocenters. The Morgan fingerprint density at radius 1 is 1.10 bits per heavy atom. The molecule has 3 rings (SSSR count). The molecule has 1 fully saturated rings. The van der Waals surface area contributed by atoms with E-state index in [4.69, 9.17) is 5.11 Å². The van der Waals surface area contributed by atoms with Gasteiger partial charge in [0.2, 0.25) is 0 Å². The Hall–Kier alpha value is -1.44. The number of benzene rings is 2. The van der Waals surface area contributed by atoms with Crippen molar-refractivity contribution in [3.8, 4) is 0 Å². The van der Waals surface area contributed by atoms with E-state index in [0.29, 0.717) is 23.1 Å². The molecule has 1 aliphatic rings. The molecule has 6 nitrogen and oxygen atoms in total. The summed E-state index contributed by atoms with van der Waals surface area (Å²) in [5.74, 6) is -2.99. The summed E-state index contributed by atoms with van der Waals surface area (Å²) in [5.41, 5.74) is -1.43. The minimum atomic E-state index is -1.32. The first-order chi connectivity index (χ1) is 14.7. The van der Waals surface area contributed by atoms with E-state index in [2.05, 4.69) is 10.6 Å². The summed E-state index contributed by atoms with van der Waals surface area (Å²) in [5, 5.41) is 35.7. The Balaban J connectivity index is 1.70. The van der Waals surface area contributed by atoms with Crippen molar-refractivity contribution in [2.45, 2.75) is 24.7 Å². The summed E-state index contributed by atoms with van der Waals surface area (Å²) >= 11 is 1.93. The first-order valence-electron chi connectivity index (χ1n) is 9.90. The summed E-state index contributed by atoms with van der Waals surface area (Å²) in [6.45, 7) is 1.31. The molecule has 2 aromatic carbocycles. The van der Waals surface area contributed by atoms with Crippen molar-refractivity contribution in [2.24, 2.45) is 0 Å². The molecule has 170 valence electrons.